The molecule has 0 unspecified atom stereocenters. The molecule has 0 atom stereocenters. The Morgan fingerprint density at radius 1 is 1.08 bits per heavy atom. The number of benzene rings is 1. The number of aryl methyl sites for hydroxylation is 1. The molecular formula is C17H15N5O3. The Kier molecular flexibility index (Phi) is 4.42. The van der Waals surface area contributed by atoms with Gasteiger partial charge in [0, 0.05) is 25.6 Å². The molecule has 0 aliphatic heterocycles. The van der Waals surface area contributed by atoms with Gasteiger partial charge in [-0.1, -0.05) is 12.1 Å². The van der Waals surface area contributed by atoms with Crippen LogP contribution in [-0.4, -0.2) is 26.3 Å². The lowest BCUT2D eigenvalue weighted by Gasteiger charge is -2.11. The van der Waals surface area contributed by atoms with Crippen LogP contribution in [-0.2, 0) is 7.05 Å². The number of anilines is 1. The van der Waals surface area contributed by atoms with Gasteiger partial charge in [0.25, 0.3) is 11.8 Å². The van der Waals surface area contributed by atoms with Crippen molar-refractivity contribution in [2.45, 2.75) is 0 Å². The van der Waals surface area contributed by atoms with E-state index in [9.17, 15) is 9.59 Å². The third-order valence-corrected chi connectivity index (χ3v) is 3.42. The monoisotopic (exact) mass is 337 g/mol. The molecule has 0 bridgehead atoms. The summed E-state index contributed by atoms with van der Waals surface area (Å²) in [5, 5.41) is 2.67. The van der Waals surface area contributed by atoms with E-state index in [1.54, 1.807) is 54.3 Å². The number of pyridine rings is 1. The smallest absolute Gasteiger partial charge is 0.263 e. The van der Waals surface area contributed by atoms with Gasteiger partial charge in [-0.2, -0.15) is 0 Å². The number of para-hydroxylation sites is 1. The van der Waals surface area contributed by atoms with Crippen LogP contribution in [0, 0.1) is 0 Å². The van der Waals surface area contributed by atoms with Crippen LogP contribution in [0.15, 0.2) is 55.0 Å². The number of carbonyl (C=O) groups is 2. The van der Waals surface area contributed by atoms with E-state index in [2.05, 4.69) is 15.3 Å². The number of hydrogen-bond acceptors (Lipinski definition) is 5. The van der Waals surface area contributed by atoms with E-state index >= 15 is 0 Å². The summed E-state index contributed by atoms with van der Waals surface area (Å²) in [6, 6.07) is 9.65. The van der Waals surface area contributed by atoms with Gasteiger partial charge in [0.15, 0.2) is 0 Å². The molecule has 1 aromatic carbocycles. The lowest BCUT2D eigenvalue weighted by atomic mass is 10.2. The first kappa shape index (κ1) is 16.2. The maximum Gasteiger partial charge on any atom is 0.263 e. The number of nitrogens with two attached hydrogens (primary N) is 1. The molecule has 2 aromatic heterocycles. The number of carbonyl (C=O) groups excluding carboxylic acids is 2. The lowest BCUT2D eigenvalue weighted by molar-refractivity contribution is 0.0997. The Labute approximate surface area is 143 Å². The van der Waals surface area contributed by atoms with Crippen LogP contribution in [0.1, 0.15) is 20.7 Å². The number of nitrogens with zero attached hydrogens (tertiary/aromatic N) is 3. The second-order valence-corrected chi connectivity index (χ2v) is 5.13. The second-order valence-electron chi connectivity index (χ2n) is 5.13. The van der Waals surface area contributed by atoms with E-state index < -0.39 is 11.8 Å². The molecular weight excluding hydrogens is 322 g/mol. The van der Waals surface area contributed by atoms with E-state index in [1.165, 1.54) is 12.3 Å². The fourth-order valence-electron chi connectivity index (χ4n) is 2.16. The molecule has 0 fully saturated rings. The van der Waals surface area contributed by atoms with Crippen molar-refractivity contribution >= 4 is 17.8 Å². The number of nitrogens with one attached hydrogen (secondary N) is 1. The zero-order valence-electron chi connectivity index (χ0n) is 13.3. The molecule has 2 heterocycles. The van der Waals surface area contributed by atoms with Crippen molar-refractivity contribution in [1.29, 1.82) is 0 Å². The van der Waals surface area contributed by atoms with Crippen LogP contribution < -0.4 is 15.8 Å². The molecule has 0 radical (unpaired) electrons. The molecule has 0 saturated heterocycles. The first-order valence-corrected chi connectivity index (χ1v) is 7.36. The average molecular weight is 337 g/mol. The number of imidazole rings is 1. The van der Waals surface area contributed by atoms with Gasteiger partial charge in [0.2, 0.25) is 11.8 Å². The molecule has 126 valence electrons. The standard InChI is InChI=1S/C17H15N5O3/c1-22-10-9-20-17(22)21-15(24)12-6-4-8-19-16(12)25-13-7-3-2-5-11(13)14(18)23/h2-10H,1H3,(H2,18,23)(H,20,21,24). The summed E-state index contributed by atoms with van der Waals surface area (Å²) in [6.07, 6.45) is 4.76. The van der Waals surface area contributed by atoms with E-state index in [-0.39, 0.29) is 22.8 Å². The molecule has 8 nitrogen and oxygen atoms in total. The van der Waals surface area contributed by atoms with Crippen molar-refractivity contribution in [2.24, 2.45) is 12.8 Å². The Hall–Kier alpha value is -3.68. The van der Waals surface area contributed by atoms with Gasteiger partial charge in [-0.15, -0.1) is 0 Å². The minimum Gasteiger partial charge on any atom is -0.437 e. The number of ether oxygens (including phenoxy) is 1. The van der Waals surface area contributed by atoms with E-state index in [1.807, 2.05) is 0 Å². The Bertz CT molecular complexity index is 935. The highest BCUT2D eigenvalue weighted by Gasteiger charge is 2.18. The minimum atomic E-state index is -0.634. The topological polar surface area (TPSA) is 112 Å². The van der Waals surface area contributed by atoms with Gasteiger partial charge in [-0.05, 0) is 24.3 Å². The van der Waals surface area contributed by atoms with Crippen LogP contribution in [0.2, 0.25) is 0 Å². The SMILES string of the molecule is Cn1ccnc1NC(=O)c1cccnc1Oc1ccccc1C(N)=O. The van der Waals surface area contributed by atoms with Gasteiger partial charge in [-0.25, -0.2) is 9.97 Å². The molecule has 3 rings (SSSR count). The Morgan fingerprint density at radius 3 is 2.56 bits per heavy atom. The van der Waals surface area contributed by atoms with Crippen molar-refractivity contribution < 1.29 is 14.3 Å². The summed E-state index contributed by atoms with van der Waals surface area (Å²) in [5.74, 6) is -0.403. The third-order valence-electron chi connectivity index (χ3n) is 3.42. The summed E-state index contributed by atoms with van der Waals surface area (Å²) in [4.78, 5) is 32.2. The molecule has 2 amide bonds. The van der Waals surface area contributed by atoms with Gasteiger partial charge in [0.05, 0.1) is 5.56 Å². The van der Waals surface area contributed by atoms with Gasteiger partial charge >= 0.3 is 0 Å². The van der Waals surface area contributed by atoms with Crippen molar-refractivity contribution in [3.8, 4) is 11.6 Å². The maximum atomic E-state index is 12.5. The first-order chi connectivity index (χ1) is 12.1. The number of rotatable bonds is 5. The van der Waals surface area contributed by atoms with Crippen LogP contribution in [0.3, 0.4) is 0 Å². The second kappa shape index (κ2) is 6.83. The molecule has 0 saturated carbocycles. The predicted molar refractivity (Wildman–Crippen MR) is 90.4 cm³/mol. The number of aromatic nitrogens is 3. The molecule has 3 aromatic rings. The van der Waals surface area contributed by atoms with Crippen LogP contribution in [0.5, 0.6) is 11.6 Å². The van der Waals surface area contributed by atoms with Crippen LogP contribution >= 0.6 is 0 Å². The fraction of sp³-hybridized carbons (Fsp3) is 0.0588. The third kappa shape index (κ3) is 3.47. The lowest BCUT2D eigenvalue weighted by Crippen LogP contribution is -2.17. The average Bonchev–Trinajstić information content (AvgIpc) is 3.00. The summed E-state index contributed by atoms with van der Waals surface area (Å²) in [6.45, 7) is 0. The zero-order valence-corrected chi connectivity index (χ0v) is 13.3. The summed E-state index contributed by atoms with van der Waals surface area (Å²) >= 11 is 0. The van der Waals surface area contributed by atoms with Crippen LogP contribution in [0.4, 0.5) is 5.95 Å². The van der Waals surface area contributed by atoms with Crippen molar-refractivity contribution in [3.05, 3.63) is 66.1 Å². The van der Waals surface area contributed by atoms with Crippen molar-refractivity contribution in [1.82, 2.24) is 14.5 Å². The Morgan fingerprint density at radius 2 is 1.84 bits per heavy atom. The molecule has 0 aliphatic carbocycles. The summed E-state index contributed by atoms with van der Waals surface area (Å²) < 4.78 is 7.34. The summed E-state index contributed by atoms with van der Waals surface area (Å²) in [7, 11) is 1.76. The highest BCUT2D eigenvalue weighted by molar-refractivity contribution is 6.05. The van der Waals surface area contributed by atoms with E-state index in [0.29, 0.717) is 5.95 Å². The molecule has 0 aliphatic rings. The zero-order chi connectivity index (χ0) is 17.8. The van der Waals surface area contributed by atoms with E-state index in [4.69, 9.17) is 10.5 Å². The fourth-order valence-corrected chi connectivity index (χ4v) is 2.16. The highest BCUT2D eigenvalue weighted by atomic mass is 16.5. The van der Waals surface area contributed by atoms with Gasteiger partial charge in [-0.3, -0.25) is 14.9 Å². The molecule has 0 spiro atoms. The molecule has 8 heteroatoms. The number of amides is 2. The molecule has 25 heavy (non-hydrogen) atoms. The van der Waals surface area contributed by atoms with Gasteiger partial charge in [0.1, 0.15) is 11.3 Å². The normalized spacial score (nSPS) is 10.3. The van der Waals surface area contributed by atoms with Crippen molar-refractivity contribution in [2.75, 3.05) is 5.32 Å². The number of primary amides is 1. The molecule has 3 N–H and O–H groups in total. The van der Waals surface area contributed by atoms with Crippen LogP contribution in [0.25, 0.3) is 0 Å². The highest BCUT2D eigenvalue weighted by Crippen LogP contribution is 2.26. The predicted octanol–water partition coefficient (Wildman–Crippen LogP) is 1.96. The minimum absolute atomic E-state index is 0.0582. The largest absolute Gasteiger partial charge is 0.437 e. The van der Waals surface area contributed by atoms with E-state index in [0.717, 1.165) is 0 Å². The maximum absolute atomic E-state index is 12.5. The Balaban J connectivity index is 1.90. The summed E-state index contributed by atoms with van der Waals surface area (Å²) in [5.41, 5.74) is 5.74. The van der Waals surface area contributed by atoms with Crippen molar-refractivity contribution in [3.63, 3.8) is 0 Å². The first-order valence-electron chi connectivity index (χ1n) is 7.36. The quantitative estimate of drug-likeness (QED) is 0.739. The number of hydrogen-bond donors (Lipinski definition) is 2. The van der Waals surface area contributed by atoms with Gasteiger partial charge < -0.3 is 15.0 Å².